The first kappa shape index (κ1) is 12.6. The summed E-state index contributed by atoms with van der Waals surface area (Å²) in [6.07, 6.45) is 0.594. The van der Waals surface area contributed by atoms with Gasteiger partial charge in [-0.2, -0.15) is 0 Å². The van der Waals surface area contributed by atoms with Crippen LogP contribution in [0, 0.1) is 5.82 Å². The number of thiazole rings is 1. The van der Waals surface area contributed by atoms with Crippen LogP contribution in [0.2, 0.25) is 0 Å². The Hall–Kier alpha value is -0.820. The van der Waals surface area contributed by atoms with Crippen molar-refractivity contribution in [2.24, 2.45) is 5.84 Å². The Morgan fingerprint density at radius 3 is 2.88 bits per heavy atom. The molecule has 0 aliphatic carbocycles. The van der Waals surface area contributed by atoms with Crippen molar-refractivity contribution in [1.82, 2.24) is 10.4 Å². The number of halogens is 2. The van der Waals surface area contributed by atoms with Gasteiger partial charge in [0.25, 0.3) is 0 Å². The van der Waals surface area contributed by atoms with Gasteiger partial charge >= 0.3 is 0 Å². The molecule has 6 heteroatoms. The van der Waals surface area contributed by atoms with Crippen molar-refractivity contribution < 1.29 is 4.39 Å². The molecule has 1 aromatic carbocycles. The zero-order valence-corrected chi connectivity index (χ0v) is 11.3. The molecule has 0 saturated heterocycles. The van der Waals surface area contributed by atoms with E-state index in [-0.39, 0.29) is 11.9 Å². The third-order valence-electron chi connectivity index (χ3n) is 2.37. The molecule has 0 bridgehead atoms. The van der Waals surface area contributed by atoms with Crippen molar-refractivity contribution in [3.05, 3.63) is 50.6 Å². The quantitative estimate of drug-likeness (QED) is 0.674. The van der Waals surface area contributed by atoms with Crippen LogP contribution in [0.5, 0.6) is 0 Å². The topological polar surface area (TPSA) is 50.9 Å². The van der Waals surface area contributed by atoms with Gasteiger partial charge in [0.2, 0.25) is 0 Å². The number of aromatic nitrogens is 1. The Kier molecular flexibility index (Phi) is 4.22. The summed E-state index contributed by atoms with van der Waals surface area (Å²) in [4.78, 5) is 4.20. The molecule has 3 nitrogen and oxygen atoms in total. The molecule has 1 aromatic heterocycles. The SMILES string of the molecule is NNC(Cc1cc(F)cc(Br)c1)c1cscn1. The fourth-order valence-electron chi connectivity index (χ4n) is 1.61. The third-order valence-corrected chi connectivity index (χ3v) is 3.43. The van der Waals surface area contributed by atoms with Gasteiger partial charge in [-0.1, -0.05) is 15.9 Å². The number of rotatable bonds is 4. The molecule has 1 atom stereocenters. The van der Waals surface area contributed by atoms with Gasteiger partial charge in [-0.25, -0.2) is 9.37 Å². The van der Waals surface area contributed by atoms with Gasteiger partial charge in [-0.15, -0.1) is 11.3 Å². The average molecular weight is 316 g/mol. The molecule has 1 heterocycles. The summed E-state index contributed by atoms with van der Waals surface area (Å²) < 4.78 is 14.0. The molecule has 0 saturated carbocycles. The van der Waals surface area contributed by atoms with E-state index < -0.39 is 0 Å². The number of hydrogen-bond acceptors (Lipinski definition) is 4. The van der Waals surface area contributed by atoms with E-state index in [2.05, 4.69) is 26.3 Å². The Bertz CT molecular complexity index is 469. The van der Waals surface area contributed by atoms with Crippen LogP contribution in [0.25, 0.3) is 0 Å². The number of benzene rings is 1. The summed E-state index contributed by atoms with van der Waals surface area (Å²) in [5.74, 6) is 5.24. The maximum absolute atomic E-state index is 13.2. The maximum Gasteiger partial charge on any atom is 0.124 e. The van der Waals surface area contributed by atoms with Gasteiger partial charge in [-0.3, -0.25) is 11.3 Å². The van der Waals surface area contributed by atoms with E-state index in [0.29, 0.717) is 6.42 Å². The zero-order chi connectivity index (χ0) is 12.3. The lowest BCUT2D eigenvalue weighted by Gasteiger charge is -2.13. The summed E-state index contributed by atoms with van der Waals surface area (Å²) in [6.45, 7) is 0. The summed E-state index contributed by atoms with van der Waals surface area (Å²) in [6, 6.07) is 4.70. The number of nitrogens with two attached hydrogens (primary N) is 1. The van der Waals surface area contributed by atoms with Crippen LogP contribution in [0.15, 0.2) is 33.6 Å². The van der Waals surface area contributed by atoms with E-state index in [0.717, 1.165) is 15.7 Å². The molecule has 3 N–H and O–H groups in total. The smallest absolute Gasteiger partial charge is 0.124 e. The molecule has 0 fully saturated rings. The second-order valence-electron chi connectivity index (χ2n) is 3.61. The van der Waals surface area contributed by atoms with E-state index >= 15 is 0 Å². The lowest BCUT2D eigenvalue weighted by Crippen LogP contribution is -2.29. The van der Waals surface area contributed by atoms with E-state index in [4.69, 9.17) is 5.84 Å². The Morgan fingerprint density at radius 2 is 2.29 bits per heavy atom. The minimum Gasteiger partial charge on any atom is -0.271 e. The highest BCUT2D eigenvalue weighted by Crippen LogP contribution is 2.21. The monoisotopic (exact) mass is 315 g/mol. The maximum atomic E-state index is 13.2. The molecule has 0 amide bonds. The highest BCUT2D eigenvalue weighted by molar-refractivity contribution is 9.10. The summed E-state index contributed by atoms with van der Waals surface area (Å²) in [5, 5.41) is 1.93. The minimum atomic E-state index is -0.261. The van der Waals surface area contributed by atoms with Gasteiger partial charge in [0, 0.05) is 9.85 Å². The van der Waals surface area contributed by atoms with Crippen LogP contribution < -0.4 is 11.3 Å². The standard InChI is InChI=1S/C11H11BrFN3S/c12-8-1-7(2-9(13)4-8)3-10(16-14)11-5-17-6-15-11/h1-2,4-6,10,16H,3,14H2. The number of nitrogens with one attached hydrogen (secondary N) is 1. The number of nitrogens with zero attached hydrogens (tertiary/aromatic N) is 1. The van der Waals surface area contributed by atoms with Gasteiger partial charge in [-0.05, 0) is 30.2 Å². The highest BCUT2D eigenvalue weighted by Gasteiger charge is 2.13. The average Bonchev–Trinajstić information content (AvgIpc) is 2.77. The van der Waals surface area contributed by atoms with Crippen LogP contribution in [-0.4, -0.2) is 4.98 Å². The van der Waals surface area contributed by atoms with Gasteiger partial charge in [0.05, 0.1) is 17.2 Å². The summed E-state index contributed by atoms with van der Waals surface area (Å²) >= 11 is 4.78. The molecular formula is C11H11BrFN3S. The minimum absolute atomic E-state index is 0.102. The van der Waals surface area contributed by atoms with Crippen LogP contribution in [0.3, 0.4) is 0 Å². The molecule has 2 aromatic rings. The fourth-order valence-corrected chi connectivity index (χ4v) is 2.73. The lowest BCUT2D eigenvalue weighted by molar-refractivity contribution is 0.538. The fraction of sp³-hybridized carbons (Fsp3) is 0.182. The Labute approximate surface area is 111 Å². The van der Waals surface area contributed by atoms with Crippen molar-refractivity contribution >= 4 is 27.3 Å². The van der Waals surface area contributed by atoms with Gasteiger partial charge in [0.15, 0.2) is 0 Å². The van der Waals surface area contributed by atoms with Crippen LogP contribution in [0.4, 0.5) is 4.39 Å². The predicted molar refractivity (Wildman–Crippen MR) is 70.0 cm³/mol. The third kappa shape index (κ3) is 3.32. The number of hydrogen-bond donors (Lipinski definition) is 2. The molecule has 0 spiro atoms. The van der Waals surface area contributed by atoms with Gasteiger partial charge in [0.1, 0.15) is 5.82 Å². The first-order chi connectivity index (χ1) is 8.19. The molecule has 90 valence electrons. The Balaban J connectivity index is 2.18. The normalized spacial score (nSPS) is 12.6. The predicted octanol–water partition coefficient (Wildman–Crippen LogP) is 2.79. The van der Waals surface area contributed by atoms with Crippen molar-refractivity contribution in [2.45, 2.75) is 12.5 Å². The first-order valence-electron chi connectivity index (χ1n) is 4.98. The van der Waals surface area contributed by atoms with E-state index in [9.17, 15) is 4.39 Å². The van der Waals surface area contributed by atoms with E-state index in [1.165, 1.54) is 23.5 Å². The molecule has 17 heavy (non-hydrogen) atoms. The lowest BCUT2D eigenvalue weighted by atomic mass is 10.0. The van der Waals surface area contributed by atoms with Gasteiger partial charge < -0.3 is 0 Å². The van der Waals surface area contributed by atoms with Crippen LogP contribution in [-0.2, 0) is 6.42 Å². The largest absolute Gasteiger partial charge is 0.271 e. The van der Waals surface area contributed by atoms with E-state index in [1.54, 1.807) is 5.51 Å². The molecular weight excluding hydrogens is 305 g/mol. The van der Waals surface area contributed by atoms with Crippen molar-refractivity contribution in [3.63, 3.8) is 0 Å². The Morgan fingerprint density at radius 1 is 1.47 bits per heavy atom. The summed E-state index contributed by atoms with van der Waals surface area (Å²) in [7, 11) is 0. The summed E-state index contributed by atoms with van der Waals surface area (Å²) in [5.41, 5.74) is 6.19. The molecule has 1 unspecified atom stereocenters. The number of hydrazine groups is 1. The van der Waals surface area contributed by atoms with Crippen molar-refractivity contribution in [2.75, 3.05) is 0 Å². The second kappa shape index (κ2) is 5.68. The first-order valence-corrected chi connectivity index (χ1v) is 6.72. The van der Waals surface area contributed by atoms with Crippen LogP contribution in [0.1, 0.15) is 17.3 Å². The highest BCUT2D eigenvalue weighted by atomic mass is 79.9. The second-order valence-corrected chi connectivity index (χ2v) is 5.25. The molecule has 2 rings (SSSR count). The molecule has 0 aliphatic heterocycles. The van der Waals surface area contributed by atoms with E-state index in [1.807, 2.05) is 11.4 Å². The molecule has 0 radical (unpaired) electrons. The zero-order valence-electron chi connectivity index (χ0n) is 8.86. The molecule has 0 aliphatic rings. The van der Waals surface area contributed by atoms with Crippen LogP contribution >= 0.6 is 27.3 Å². The van der Waals surface area contributed by atoms with Crippen molar-refractivity contribution in [3.8, 4) is 0 Å². The van der Waals surface area contributed by atoms with Crippen molar-refractivity contribution in [1.29, 1.82) is 0 Å².